The van der Waals surface area contributed by atoms with Crippen molar-refractivity contribution in [2.45, 2.75) is 64.2 Å². The monoisotopic (exact) mass is 250 g/mol. The Hall–Kier alpha value is -0.700. The molecule has 0 bridgehead atoms. The fourth-order valence-electron chi connectivity index (χ4n) is 2.68. The molecule has 1 aliphatic carbocycles. The largest absolute Gasteiger partial charge is 0.347 e. The predicted octanol–water partition coefficient (Wildman–Crippen LogP) is 4.53. The van der Waals surface area contributed by atoms with Crippen molar-refractivity contribution in [3.05, 3.63) is 22.2 Å². The van der Waals surface area contributed by atoms with Gasteiger partial charge in [0.25, 0.3) is 0 Å². The van der Waals surface area contributed by atoms with E-state index in [4.69, 9.17) is 12.2 Å². The normalized spacial score (nSPS) is 17.9. The van der Waals surface area contributed by atoms with Crippen LogP contribution in [0.1, 0.15) is 69.3 Å². The molecule has 1 N–H and O–H groups in total. The molecule has 3 heteroatoms. The highest BCUT2D eigenvalue weighted by molar-refractivity contribution is 7.71. The molecule has 1 aromatic heterocycles. The van der Waals surface area contributed by atoms with E-state index in [0.717, 1.165) is 23.3 Å². The first-order valence-corrected chi connectivity index (χ1v) is 7.30. The zero-order chi connectivity index (χ0) is 12.1. The van der Waals surface area contributed by atoms with Crippen LogP contribution < -0.4 is 0 Å². The van der Waals surface area contributed by atoms with Crippen molar-refractivity contribution in [3.8, 4) is 0 Å². The van der Waals surface area contributed by atoms with Crippen molar-refractivity contribution in [3.63, 3.8) is 0 Å². The summed E-state index contributed by atoms with van der Waals surface area (Å²) >= 11 is 5.27. The standard InChI is InChI=1S/C14H22N2S/c1-2-7-12-10-13(17)16-14(15-12)11-8-5-3-4-6-9-11/h10-11H,2-9H2,1H3,(H,15,16,17). The molecule has 0 amide bonds. The molecule has 0 aliphatic heterocycles. The van der Waals surface area contributed by atoms with Crippen LogP contribution in [0.5, 0.6) is 0 Å². The Morgan fingerprint density at radius 1 is 1.29 bits per heavy atom. The Kier molecular flexibility index (Phi) is 4.72. The molecule has 2 nitrogen and oxygen atoms in total. The zero-order valence-electron chi connectivity index (χ0n) is 10.7. The van der Waals surface area contributed by atoms with Crippen LogP contribution in [-0.2, 0) is 6.42 Å². The van der Waals surface area contributed by atoms with E-state index in [1.54, 1.807) is 0 Å². The second-order valence-electron chi connectivity index (χ2n) is 5.07. The van der Waals surface area contributed by atoms with Crippen LogP contribution in [0, 0.1) is 4.64 Å². The molecular formula is C14H22N2S. The minimum Gasteiger partial charge on any atom is -0.347 e. The number of aryl methyl sites for hydroxylation is 1. The van der Waals surface area contributed by atoms with Gasteiger partial charge in [-0.3, -0.25) is 0 Å². The first-order chi connectivity index (χ1) is 8.29. The van der Waals surface area contributed by atoms with Gasteiger partial charge in [0.1, 0.15) is 10.5 Å². The van der Waals surface area contributed by atoms with Crippen LogP contribution in [0.3, 0.4) is 0 Å². The Morgan fingerprint density at radius 2 is 2.00 bits per heavy atom. The molecule has 1 aromatic rings. The van der Waals surface area contributed by atoms with E-state index in [1.807, 2.05) is 6.07 Å². The zero-order valence-corrected chi connectivity index (χ0v) is 11.5. The van der Waals surface area contributed by atoms with Crippen LogP contribution in [0.25, 0.3) is 0 Å². The number of aromatic amines is 1. The van der Waals surface area contributed by atoms with Crippen LogP contribution >= 0.6 is 12.2 Å². The molecule has 1 saturated carbocycles. The molecule has 0 spiro atoms. The van der Waals surface area contributed by atoms with E-state index >= 15 is 0 Å². The van der Waals surface area contributed by atoms with E-state index in [-0.39, 0.29) is 0 Å². The Labute approximate surface area is 109 Å². The molecule has 94 valence electrons. The second-order valence-corrected chi connectivity index (χ2v) is 5.49. The number of rotatable bonds is 3. The first kappa shape index (κ1) is 12.7. The van der Waals surface area contributed by atoms with E-state index in [2.05, 4.69) is 16.9 Å². The van der Waals surface area contributed by atoms with Gasteiger partial charge in [0.2, 0.25) is 0 Å². The third kappa shape index (κ3) is 3.63. The number of nitrogens with one attached hydrogen (secondary N) is 1. The molecule has 2 rings (SSSR count). The topological polar surface area (TPSA) is 28.7 Å². The molecule has 1 fully saturated rings. The smallest absolute Gasteiger partial charge is 0.129 e. The van der Waals surface area contributed by atoms with Gasteiger partial charge in [0, 0.05) is 11.6 Å². The summed E-state index contributed by atoms with van der Waals surface area (Å²) in [7, 11) is 0. The van der Waals surface area contributed by atoms with E-state index in [0.29, 0.717) is 5.92 Å². The lowest BCUT2D eigenvalue weighted by molar-refractivity contribution is 0.556. The molecule has 17 heavy (non-hydrogen) atoms. The molecule has 0 radical (unpaired) electrons. The van der Waals surface area contributed by atoms with Crippen LogP contribution in [0.2, 0.25) is 0 Å². The lowest BCUT2D eigenvalue weighted by atomic mass is 9.99. The molecule has 1 heterocycles. The van der Waals surface area contributed by atoms with Gasteiger partial charge < -0.3 is 4.98 Å². The van der Waals surface area contributed by atoms with Gasteiger partial charge in [-0.25, -0.2) is 4.98 Å². The van der Waals surface area contributed by atoms with Crippen LogP contribution in [-0.4, -0.2) is 9.97 Å². The highest BCUT2D eigenvalue weighted by Crippen LogP contribution is 2.29. The molecule has 0 aromatic carbocycles. The summed E-state index contributed by atoms with van der Waals surface area (Å²) in [4.78, 5) is 8.05. The van der Waals surface area contributed by atoms with E-state index in [1.165, 1.54) is 44.2 Å². The second kappa shape index (κ2) is 6.29. The Balaban J connectivity index is 2.20. The summed E-state index contributed by atoms with van der Waals surface area (Å²) in [6.45, 7) is 2.20. The predicted molar refractivity (Wildman–Crippen MR) is 73.9 cm³/mol. The average molecular weight is 250 g/mol. The van der Waals surface area contributed by atoms with Crippen molar-refractivity contribution in [1.82, 2.24) is 9.97 Å². The molecular weight excluding hydrogens is 228 g/mol. The maximum Gasteiger partial charge on any atom is 0.129 e. The van der Waals surface area contributed by atoms with Gasteiger partial charge in [0.05, 0.1) is 0 Å². The molecule has 0 unspecified atom stereocenters. The fraction of sp³-hybridized carbons (Fsp3) is 0.714. The highest BCUT2D eigenvalue weighted by atomic mass is 32.1. The van der Waals surface area contributed by atoms with Gasteiger partial charge in [-0.15, -0.1) is 0 Å². The summed E-state index contributed by atoms with van der Waals surface area (Å²) in [5.74, 6) is 1.75. The lowest BCUT2D eigenvalue weighted by Gasteiger charge is -2.14. The highest BCUT2D eigenvalue weighted by Gasteiger charge is 2.16. The van der Waals surface area contributed by atoms with E-state index < -0.39 is 0 Å². The summed E-state index contributed by atoms with van der Waals surface area (Å²) in [5.41, 5.74) is 1.26. The summed E-state index contributed by atoms with van der Waals surface area (Å²) in [6.07, 6.45) is 10.2. The van der Waals surface area contributed by atoms with E-state index in [9.17, 15) is 0 Å². The average Bonchev–Trinajstić information content (AvgIpc) is 2.57. The molecule has 0 atom stereocenters. The third-order valence-corrected chi connectivity index (χ3v) is 3.79. The fourth-order valence-corrected chi connectivity index (χ4v) is 2.92. The first-order valence-electron chi connectivity index (χ1n) is 6.89. The van der Waals surface area contributed by atoms with Crippen molar-refractivity contribution < 1.29 is 0 Å². The maximum absolute atomic E-state index is 5.27. The van der Waals surface area contributed by atoms with Crippen LogP contribution in [0.15, 0.2) is 6.07 Å². The van der Waals surface area contributed by atoms with Crippen molar-refractivity contribution in [2.24, 2.45) is 0 Å². The number of aromatic nitrogens is 2. The number of H-pyrrole nitrogens is 1. The number of nitrogens with zero attached hydrogens (tertiary/aromatic N) is 1. The minimum absolute atomic E-state index is 0.607. The summed E-state index contributed by atoms with van der Waals surface area (Å²) in [6, 6.07) is 2.01. The quantitative estimate of drug-likeness (QED) is 0.630. The molecule has 1 aliphatic rings. The Bertz CT molecular complexity index is 403. The lowest BCUT2D eigenvalue weighted by Crippen LogP contribution is -2.06. The maximum atomic E-state index is 5.27. The van der Waals surface area contributed by atoms with Gasteiger partial charge >= 0.3 is 0 Å². The Morgan fingerprint density at radius 3 is 2.65 bits per heavy atom. The van der Waals surface area contributed by atoms with Crippen molar-refractivity contribution in [2.75, 3.05) is 0 Å². The number of hydrogen-bond acceptors (Lipinski definition) is 2. The van der Waals surface area contributed by atoms with Gasteiger partial charge in [-0.1, -0.05) is 51.2 Å². The third-order valence-electron chi connectivity index (χ3n) is 3.58. The minimum atomic E-state index is 0.607. The SMILES string of the molecule is CCCc1cc(=S)nc(C2CCCCCC2)[nH]1. The van der Waals surface area contributed by atoms with Gasteiger partial charge in [0.15, 0.2) is 0 Å². The number of hydrogen-bond donors (Lipinski definition) is 1. The summed E-state index contributed by atoms with van der Waals surface area (Å²) in [5, 5.41) is 0. The summed E-state index contributed by atoms with van der Waals surface area (Å²) < 4.78 is 0.756. The van der Waals surface area contributed by atoms with Crippen LogP contribution in [0.4, 0.5) is 0 Å². The van der Waals surface area contributed by atoms with Crippen molar-refractivity contribution >= 4 is 12.2 Å². The van der Waals surface area contributed by atoms with Crippen molar-refractivity contribution in [1.29, 1.82) is 0 Å². The van der Waals surface area contributed by atoms with Gasteiger partial charge in [-0.05, 0) is 25.3 Å². The van der Waals surface area contributed by atoms with Gasteiger partial charge in [-0.2, -0.15) is 0 Å². The molecule has 0 saturated heterocycles.